The number of terminal acetylenes is 2. The first-order chi connectivity index (χ1) is 28.4. The van der Waals surface area contributed by atoms with Gasteiger partial charge in [0.15, 0.2) is 11.6 Å². The van der Waals surface area contributed by atoms with Gasteiger partial charge in [0.2, 0.25) is 0 Å². The third-order valence-electron chi connectivity index (χ3n) is 6.30. The fraction of sp³-hybridized carbons (Fsp3) is 0.422. The number of carbonyl (C=O) groups is 4. The molecule has 0 fully saturated rings. The third-order valence-corrected chi connectivity index (χ3v) is 7.57. The molecule has 0 amide bonds. The van der Waals surface area contributed by atoms with E-state index in [2.05, 4.69) is 16.0 Å². The van der Waals surface area contributed by atoms with Crippen molar-refractivity contribution in [2.24, 2.45) is 5.92 Å². The number of carbonyl (C=O) groups excluding carboxylic acids is 4. The van der Waals surface area contributed by atoms with E-state index in [1.807, 2.05) is 0 Å². The van der Waals surface area contributed by atoms with Crippen LogP contribution in [0.1, 0.15) is 110 Å². The van der Waals surface area contributed by atoms with Crippen molar-refractivity contribution >= 4 is 33.6 Å². The van der Waals surface area contributed by atoms with E-state index in [4.69, 9.17) is 23.7 Å². The van der Waals surface area contributed by atoms with Gasteiger partial charge in [-0.2, -0.15) is 8.42 Å². The van der Waals surface area contributed by atoms with Gasteiger partial charge in [-0.1, -0.05) is 44.9 Å². The van der Waals surface area contributed by atoms with Crippen molar-refractivity contribution in [3.8, 4) is 24.7 Å². The van der Waals surface area contributed by atoms with Crippen LogP contribution in [0.15, 0.2) is 71.6 Å². The molecule has 0 aliphatic heterocycles. The predicted octanol–water partition coefficient (Wildman–Crippen LogP) is 5.55. The second-order valence-corrected chi connectivity index (χ2v) is 17.0. The fourth-order valence-corrected chi connectivity index (χ4v) is 4.96. The molecular formula is C45H54F5KO10S. The largest absolute Gasteiger partial charge is 1.00 e. The van der Waals surface area contributed by atoms with Crippen LogP contribution in [0.3, 0.4) is 0 Å². The molecule has 62 heavy (non-hydrogen) atoms. The first-order valence-electron chi connectivity index (χ1n) is 18.9. The molecule has 0 aliphatic carbocycles. The summed E-state index contributed by atoms with van der Waals surface area (Å²) in [6, 6.07) is 13.1. The second kappa shape index (κ2) is 30.3. The van der Waals surface area contributed by atoms with Crippen LogP contribution in [-0.2, 0) is 33.4 Å². The van der Waals surface area contributed by atoms with E-state index in [9.17, 15) is 54.7 Å². The number of hydrogen-bond acceptors (Lipinski definition) is 10. The van der Waals surface area contributed by atoms with Gasteiger partial charge in [0.1, 0.15) is 41.1 Å². The van der Waals surface area contributed by atoms with Crippen LogP contribution < -0.4 is 56.5 Å². The van der Waals surface area contributed by atoms with Crippen LogP contribution in [0.5, 0.6) is 0 Å². The minimum absolute atomic E-state index is 0. The number of Topliss-reactive ketones (excluding diaryl/α,β-unsaturated/α-hetero) is 2. The molecular weight excluding hydrogens is 867 g/mol. The molecule has 0 N–H and O–H groups in total. The third kappa shape index (κ3) is 30.3. The molecule has 3 rings (SSSR count). The summed E-state index contributed by atoms with van der Waals surface area (Å²) in [6.45, 7) is 14.8. The van der Waals surface area contributed by atoms with Crippen molar-refractivity contribution in [1.29, 1.82) is 0 Å². The number of ketones is 2. The predicted molar refractivity (Wildman–Crippen MR) is 219 cm³/mol. The average Bonchev–Trinajstić information content (AvgIpc) is 3.13. The summed E-state index contributed by atoms with van der Waals surface area (Å²) in [5.41, 5.74) is -2.85. The smallest absolute Gasteiger partial charge is 0.850 e. The molecule has 0 aromatic heterocycles. The van der Waals surface area contributed by atoms with E-state index < -0.39 is 92.3 Å². The molecule has 10 nitrogen and oxygen atoms in total. The van der Waals surface area contributed by atoms with E-state index in [1.54, 1.807) is 80.5 Å². The molecule has 0 heterocycles. The van der Waals surface area contributed by atoms with Crippen LogP contribution in [-0.4, -0.2) is 62.5 Å². The van der Waals surface area contributed by atoms with Gasteiger partial charge < -0.3 is 14.6 Å². The number of halogens is 5. The molecule has 336 valence electrons. The van der Waals surface area contributed by atoms with E-state index in [0.717, 1.165) is 36.4 Å². The molecule has 17 heteroatoms. The monoisotopic (exact) mass is 921 g/mol. The molecule has 3 aromatic carbocycles. The molecule has 0 saturated heterocycles. The van der Waals surface area contributed by atoms with Crippen LogP contribution in [0, 0.1) is 53.9 Å². The van der Waals surface area contributed by atoms with Gasteiger partial charge in [0.05, 0.1) is 37.4 Å². The summed E-state index contributed by atoms with van der Waals surface area (Å²) in [5, 5.41) is 10.1. The molecule has 0 radical (unpaired) electrons. The summed E-state index contributed by atoms with van der Waals surface area (Å²) < 4.78 is 106. The first-order valence-corrected chi connectivity index (χ1v) is 19.6. The Hall–Kier alpha value is -3.78. The van der Waals surface area contributed by atoms with Gasteiger partial charge in [0, 0.05) is 18.8 Å². The Balaban J connectivity index is -0.000000798. The van der Waals surface area contributed by atoms with Crippen LogP contribution in [0.4, 0.5) is 22.0 Å². The molecule has 1 unspecified atom stereocenters. The van der Waals surface area contributed by atoms with Gasteiger partial charge >= 0.3 is 63.3 Å². The summed E-state index contributed by atoms with van der Waals surface area (Å²) in [5.74, 6) is -2.14. The number of alkyl halides is 1. The van der Waals surface area contributed by atoms with Crippen molar-refractivity contribution in [1.82, 2.24) is 0 Å². The SMILES string of the molecule is C#CCC(CC(=O)OC(C)(C)C)C(=O)c1cc(F)ccc1F.C#CCOS(=O)(=O)c1ccccc1.CC(C)(C)OC(=O)CCC(=O)c1cc(F)ccc1F.CC(C)(C)[O-].[2H]CF.[K+]. The zero-order chi connectivity index (χ0) is 48.5. The topological polar surface area (TPSA) is 153 Å². The van der Waals surface area contributed by atoms with Gasteiger partial charge in [0.25, 0.3) is 10.1 Å². The Kier molecular flexibility index (Phi) is 29.5. The maximum Gasteiger partial charge on any atom is 1.00 e. The van der Waals surface area contributed by atoms with Crippen molar-refractivity contribution < 1.29 is 121 Å². The number of esters is 2. The Morgan fingerprint density at radius 1 is 0.742 bits per heavy atom. The standard InChI is InChI=1S/C17H18F2O3.C14H16F2O3.C9H8O3S.C4H9O.CH3F.K/c1-5-6-11(9-15(20)22-17(2,3)4)16(21)13-10-12(18)7-8-14(13)19;1-14(2,3)19-13(18)7-6-12(17)10-8-9(15)4-5-11(10)16;1-2-8-12-13(10,11)9-6-4-3-5-7-9;1-4(2,3)5;1-2;/h1,7-8,10-11H,6,9H2,2-4H3;4-5,8H,6-7H2,1-3H3;1,3-7H,8H2;1-3H3;1H3;/q;;;-1;;+1/i;;;;1D;. The minimum atomic E-state index is -3.66. The number of ether oxygens (including phenoxy) is 2. The zero-order valence-corrected chi connectivity index (χ0v) is 40.6. The molecule has 0 bridgehead atoms. The van der Waals surface area contributed by atoms with Crippen LogP contribution in [0.25, 0.3) is 0 Å². The Morgan fingerprint density at radius 2 is 1.18 bits per heavy atom. The van der Waals surface area contributed by atoms with E-state index >= 15 is 0 Å². The van der Waals surface area contributed by atoms with E-state index in [0.29, 0.717) is 0 Å². The molecule has 1 atom stereocenters. The average molecular weight is 922 g/mol. The number of rotatable bonds is 12. The summed E-state index contributed by atoms with van der Waals surface area (Å²) in [6.07, 6.45) is 9.35. The maximum absolute atomic E-state index is 13.7. The van der Waals surface area contributed by atoms with Crippen LogP contribution >= 0.6 is 0 Å². The molecule has 0 saturated carbocycles. The second-order valence-electron chi connectivity index (χ2n) is 15.4. The zero-order valence-electron chi connectivity index (χ0n) is 37.7. The Bertz CT molecular complexity index is 2080. The normalized spacial score (nSPS) is 11.3. The van der Waals surface area contributed by atoms with Crippen molar-refractivity contribution in [2.45, 2.75) is 110 Å². The van der Waals surface area contributed by atoms with E-state index in [-0.39, 0.29) is 94.1 Å². The molecule has 0 aliphatic rings. The fourth-order valence-electron chi connectivity index (χ4n) is 4.11. The molecule has 3 aromatic rings. The van der Waals surface area contributed by atoms with Gasteiger partial charge in [-0.05, 0) is 90.1 Å². The van der Waals surface area contributed by atoms with Gasteiger partial charge in [-0.3, -0.25) is 27.8 Å². The van der Waals surface area contributed by atoms with Gasteiger partial charge in [-0.15, -0.1) is 24.4 Å². The number of hydrogen-bond donors (Lipinski definition) is 0. The summed E-state index contributed by atoms with van der Waals surface area (Å²) >= 11 is 0. The minimum Gasteiger partial charge on any atom is -0.850 e. The van der Waals surface area contributed by atoms with Crippen molar-refractivity contribution in [3.05, 3.63) is 101 Å². The Morgan fingerprint density at radius 3 is 1.61 bits per heavy atom. The Labute approximate surface area is 406 Å². The van der Waals surface area contributed by atoms with Crippen molar-refractivity contribution in [2.75, 3.05) is 13.8 Å². The number of benzene rings is 3. The van der Waals surface area contributed by atoms with E-state index in [1.165, 1.54) is 12.1 Å². The quantitative estimate of drug-likeness (QED) is 0.0565. The van der Waals surface area contributed by atoms with Crippen molar-refractivity contribution in [3.63, 3.8) is 0 Å². The first kappa shape index (κ1) is 60.3. The van der Waals surface area contributed by atoms with Crippen LogP contribution in [0.2, 0.25) is 0 Å². The van der Waals surface area contributed by atoms with Gasteiger partial charge in [-0.25, -0.2) is 17.6 Å². The summed E-state index contributed by atoms with van der Waals surface area (Å²) in [4.78, 5) is 47.3. The molecule has 0 spiro atoms. The maximum atomic E-state index is 13.7. The summed E-state index contributed by atoms with van der Waals surface area (Å²) in [7, 11) is -4.66.